The normalized spacial score (nSPS) is 13.0. The Hall–Kier alpha value is -0.500. The Labute approximate surface area is 122 Å². The van der Waals surface area contributed by atoms with Crippen LogP contribution in [0, 0.1) is 11.2 Å². The van der Waals surface area contributed by atoms with Crippen LogP contribution in [0.25, 0.3) is 0 Å². The van der Waals surface area contributed by atoms with Crippen molar-refractivity contribution in [3.05, 3.63) is 28.5 Å². The van der Waals surface area contributed by atoms with Crippen LogP contribution in [0.4, 0.5) is 4.39 Å². The zero-order valence-corrected chi connectivity index (χ0v) is 13.6. The molecule has 7 heteroatoms. The minimum atomic E-state index is -3.86. The summed E-state index contributed by atoms with van der Waals surface area (Å²) in [6.07, 6.45) is 0. The maximum Gasteiger partial charge on any atom is 0.245 e. The lowest BCUT2D eigenvalue weighted by Crippen LogP contribution is -2.40. The Morgan fingerprint density at radius 2 is 2.00 bits per heavy atom. The van der Waals surface area contributed by atoms with Crippen molar-refractivity contribution in [2.45, 2.75) is 18.7 Å². The molecule has 0 atom stereocenters. The molecule has 0 radical (unpaired) electrons. The van der Waals surface area contributed by atoms with E-state index in [1.54, 1.807) is 0 Å². The largest absolute Gasteiger partial charge is 0.330 e. The first-order valence-corrected chi connectivity index (χ1v) is 7.95. The standard InChI is InChI=1S/C12H18BrFN2O2S/c1-12(2,7-15)8-16(3)19(17,18)10-6-4-5-9(13)11(10)14/h4-6H,7-8,15H2,1-3H3. The fourth-order valence-electron chi connectivity index (χ4n) is 1.60. The van der Waals surface area contributed by atoms with Crippen LogP contribution >= 0.6 is 15.9 Å². The minimum Gasteiger partial charge on any atom is -0.330 e. The van der Waals surface area contributed by atoms with Crippen LogP contribution in [-0.2, 0) is 10.0 Å². The van der Waals surface area contributed by atoms with Crippen molar-refractivity contribution >= 4 is 26.0 Å². The van der Waals surface area contributed by atoms with Crippen molar-refractivity contribution in [1.29, 1.82) is 0 Å². The molecular formula is C12H18BrFN2O2S. The number of nitrogens with zero attached hydrogens (tertiary/aromatic N) is 1. The molecule has 19 heavy (non-hydrogen) atoms. The fourth-order valence-corrected chi connectivity index (χ4v) is 3.54. The molecule has 1 aromatic rings. The molecule has 1 aromatic carbocycles. The van der Waals surface area contributed by atoms with E-state index in [1.807, 2.05) is 13.8 Å². The van der Waals surface area contributed by atoms with Gasteiger partial charge in [-0.3, -0.25) is 0 Å². The van der Waals surface area contributed by atoms with Crippen LogP contribution in [0.15, 0.2) is 27.6 Å². The second-order valence-corrected chi connectivity index (χ2v) is 8.05. The highest BCUT2D eigenvalue weighted by atomic mass is 79.9. The molecule has 0 aliphatic rings. The molecule has 0 aliphatic heterocycles. The molecule has 1 rings (SSSR count). The van der Waals surface area contributed by atoms with Gasteiger partial charge >= 0.3 is 0 Å². The highest BCUT2D eigenvalue weighted by Gasteiger charge is 2.29. The monoisotopic (exact) mass is 352 g/mol. The van der Waals surface area contributed by atoms with Gasteiger partial charge in [-0.05, 0) is 40.0 Å². The zero-order valence-electron chi connectivity index (χ0n) is 11.2. The first-order valence-electron chi connectivity index (χ1n) is 5.72. The van der Waals surface area contributed by atoms with Gasteiger partial charge < -0.3 is 5.73 Å². The maximum atomic E-state index is 13.9. The lowest BCUT2D eigenvalue weighted by molar-refractivity contribution is 0.291. The van der Waals surface area contributed by atoms with Crippen molar-refractivity contribution < 1.29 is 12.8 Å². The molecule has 108 valence electrons. The molecular weight excluding hydrogens is 335 g/mol. The second-order valence-electron chi connectivity index (χ2n) is 5.18. The quantitative estimate of drug-likeness (QED) is 0.883. The Balaban J connectivity index is 3.14. The van der Waals surface area contributed by atoms with E-state index >= 15 is 0 Å². The van der Waals surface area contributed by atoms with E-state index in [0.717, 1.165) is 4.31 Å². The summed E-state index contributed by atoms with van der Waals surface area (Å²) in [5.74, 6) is -0.778. The topological polar surface area (TPSA) is 63.4 Å². The number of hydrogen-bond donors (Lipinski definition) is 1. The SMILES string of the molecule is CN(CC(C)(C)CN)S(=O)(=O)c1cccc(Br)c1F. The summed E-state index contributed by atoms with van der Waals surface area (Å²) in [4.78, 5) is -0.336. The smallest absolute Gasteiger partial charge is 0.245 e. The highest BCUT2D eigenvalue weighted by molar-refractivity contribution is 9.10. The third kappa shape index (κ3) is 3.75. The summed E-state index contributed by atoms with van der Waals surface area (Å²) >= 11 is 2.98. The van der Waals surface area contributed by atoms with E-state index in [-0.39, 0.29) is 21.3 Å². The zero-order chi connectivity index (χ0) is 14.8. The van der Waals surface area contributed by atoms with Crippen LogP contribution in [0.5, 0.6) is 0 Å². The van der Waals surface area contributed by atoms with Crippen LogP contribution < -0.4 is 5.73 Å². The van der Waals surface area contributed by atoms with Gasteiger partial charge in [-0.25, -0.2) is 17.1 Å². The molecule has 0 saturated carbocycles. The summed E-state index contributed by atoms with van der Waals surface area (Å²) < 4.78 is 39.8. The molecule has 0 heterocycles. The van der Waals surface area contributed by atoms with E-state index in [9.17, 15) is 12.8 Å². The Morgan fingerprint density at radius 3 is 2.53 bits per heavy atom. The third-order valence-corrected chi connectivity index (χ3v) is 5.24. The molecule has 0 unspecified atom stereocenters. The van der Waals surface area contributed by atoms with Gasteiger partial charge in [0.2, 0.25) is 10.0 Å². The lowest BCUT2D eigenvalue weighted by Gasteiger charge is -2.28. The Kier molecular flexibility index (Phi) is 5.11. The number of hydrogen-bond acceptors (Lipinski definition) is 3. The predicted molar refractivity (Wildman–Crippen MR) is 76.8 cm³/mol. The molecule has 0 aromatic heterocycles. The average molecular weight is 353 g/mol. The molecule has 0 saturated heterocycles. The van der Waals surface area contributed by atoms with E-state index < -0.39 is 15.8 Å². The Morgan fingerprint density at radius 1 is 1.42 bits per heavy atom. The fraction of sp³-hybridized carbons (Fsp3) is 0.500. The average Bonchev–Trinajstić information content (AvgIpc) is 2.31. The van der Waals surface area contributed by atoms with Crippen molar-refractivity contribution in [3.8, 4) is 0 Å². The molecule has 2 N–H and O–H groups in total. The number of nitrogens with two attached hydrogens (primary N) is 1. The van der Waals surface area contributed by atoms with Gasteiger partial charge in [0.1, 0.15) is 4.90 Å². The summed E-state index contributed by atoms with van der Waals surface area (Å²) in [6, 6.07) is 4.20. The van der Waals surface area contributed by atoms with Crippen molar-refractivity contribution in [2.75, 3.05) is 20.1 Å². The van der Waals surface area contributed by atoms with Crippen molar-refractivity contribution in [3.63, 3.8) is 0 Å². The third-order valence-electron chi connectivity index (χ3n) is 2.81. The summed E-state index contributed by atoms with van der Waals surface area (Å²) in [5.41, 5.74) is 5.22. The van der Waals surface area contributed by atoms with Crippen molar-refractivity contribution in [2.24, 2.45) is 11.1 Å². The van der Waals surface area contributed by atoms with Gasteiger partial charge in [-0.15, -0.1) is 0 Å². The van der Waals surface area contributed by atoms with Gasteiger partial charge in [-0.2, -0.15) is 0 Å². The molecule has 0 bridgehead atoms. The number of benzene rings is 1. The number of rotatable bonds is 5. The van der Waals surface area contributed by atoms with Gasteiger partial charge in [0.25, 0.3) is 0 Å². The van der Waals surface area contributed by atoms with E-state index in [4.69, 9.17) is 5.73 Å². The molecule has 0 spiro atoms. The van der Waals surface area contributed by atoms with Crippen LogP contribution in [0.2, 0.25) is 0 Å². The van der Waals surface area contributed by atoms with Gasteiger partial charge in [0, 0.05) is 13.6 Å². The predicted octanol–water partition coefficient (Wildman–Crippen LogP) is 2.19. The van der Waals surface area contributed by atoms with Gasteiger partial charge in [-0.1, -0.05) is 19.9 Å². The van der Waals surface area contributed by atoms with E-state index in [1.165, 1.54) is 25.2 Å². The van der Waals surface area contributed by atoms with E-state index in [2.05, 4.69) is 15.9 Å². The minimum absolute atomic E-state index is 0.125. The summed E-state index contributed by atoms with van der Waals surface area (Å²) in [7, 11) is -2.44. The molecule has 4 nitrogen and oxygen atoms in total. The van der Waals surface area contributed by atoms with Crippen LogP contribution in [-0.4, -0.2) is 32.9 Å². The van der Waals surface area contributed by atoms with Crippen LogP contribution in [0.3, 0.4) is 0 Å². The number of sulfonamides is 1. The molecule has 0 aliphatic carbocycles. The maximum absolute atomic E-state index is 13.9. The first-order chi connectivity index (χ1) is 8.62. The van der Waals surface area contributed by atoms with Crippen LogP contribution in [0.1, 0.15) is 13.8 Å². The lowest BCUT2D eigenvalue weighted by atomic mass is 9.94. The summed E-state index contributed by atoms with van der Waals surface area (Å²) in [5, 5.41) is 0. The molecule has 0 fully saturated rings. The summed E-state index contributed by atoms with van der Waals surface area (Å²) in [6.45, 7) is 4.28. The van der Waals surface area contributed by atoms with E-state index in [0.29, 0.717) is 6.54 Å². The van der Waals surface area contributed by atoms with Gasteiger partial charge in [0.15, 0.2) is 5.82 Å². The van der Waals surface area contributed by atoms with Gasteiger partial charge in [0.05, 0.1) is 4.47 Å². The highest BCUT2D eigenvalue weighted by Crippen LogP contribution is 2.26. The molecule has 0 amide bonds. The number of halogens is 2. The Bertz CT molecular complexity index is 561. The second kappa shape index (κ2) is 5.87. The van der Waals surface area contributed by atoms with Crippen molar-refractivity contribution in [1.82, 2.24) is 4.31 Å². The first kappa shape index (κ1) is 16.6.